The highest BCUT2D eigenvalue weighted by atomic mass is 16.2. The van der Waals surface area contributed by atoms with Gasteiger partial charge in [-0.25, -0.2) is 9.78 Å². The molecule has 4 heterocycles. The van der Waals surface area contributed by atoms with Gasteiger partial charge in [0, 0.05) is 38.2 Å². The number of fused-ring (bicyclic) bond motifs is 1. The number of rotatable bonds is 8. The van der Waals surface area contributed by atoms with Crippen LogP contribution in [0.25, 0.3) is 22.6 Å². The summed E-state index contributed by atoms with van der Waals surface area (Å²) in [6, 6.07) is 8.13. The van der Waals surface area contributed by atoms with E-state index in [1.807, 2.05) is 31.6 Å². The predicted molar refractivity (Wildman–Crippen MR) is 137 cm³/mol. The smallest absolute Gasteiger partial charge is 0.332 e. The standard InChI is InChI=1S/C26H31N7O3/c1-4-10-31-24-21(25(35)32(11-5-2)26(31)36)29-23(30-24)19-14-28-33(15-19)22(18-12-20(34)27-13-18)17-8-6-16(3)7-9-17/h6-9,14-15,18,22H,4-5,10-13H2,1-3H3,(H,27,34)(H,29,30). The summed E-state index contributed by atoms with van der Waals surface area (Å²) in [4.78, 5) is 45.9. The highest BCUT2D eigenvalue weighted by molar-refractivity contribution is 5.78. The van der Waals surface area contributed by atoms with Gasteiger partial charge in [0.2, 0.25) is 5.91 Å². The fraction of sp³-hybridized carbons (Fsp3) is 0.423. The number of carbonyl (C=O) groups is 1. The molecule has 1 aromatic carbocycles. The van der Waals surface area contributed by atoms with Crippen molar-refractivity contribution in [1.29, 1.82) is 0 Å². The number of hydrogen-bond acceptors (Lipinski definition) is 5. The van der Waals surface area contributed by atoms with Crippen molar-refractivity contribution in [3.05, 3.63) is 68.6 Å². The van der Waals surface area contributed by atoms with E-state index in [1.54, 1.807) is 10.8 Å². The third-order valence-electron chi connectivity index (χ3n) is 6.79. The number of aromatic nitrogens is 6. The number of aryl methyl sites for hydroxylation is 2. The Morgan fingerprint density at radius 2 is 1.78 bits per heavy atom. The highest BCUT2D eigenvalue weighted by Crippen LogP contribution is 2.32. The fourth-order valence-electron chi connectivity index (χ4n) is 5.02. The molecule has 0 spiro atoms. The normalized spacial score (nSPS) is 16.5. The SMILES string of the molecule is CCCn1c(=O)c2[nH]c(-c3cnn(C(c4ccc(C)cc4)C4CNC(=O)C4)c3)nc2n(CCC)c1=O. The van der Waals surface area contributed by atoms with Crippen molar-refractivity contribution < 1.29 is 4.79 Å². The molecule has 0 bridgehead atoms. The molecule has 1 aliphatic heterocycles. The summed E-state index contributed by atoms with van der Waals surface area (Å²) in [5, 5.41) is 7.58. The van der Waals surface area contributed by atoms with Gasteiger partial charge in [0.05, 0.1) is 17.8 Å². The molecule has 0 saturated carbocycles. The van der Waals surface area contributed by atoms with Crippen LogP contribution in [0.5, 0.6) is 0 Å². The minimum atomic E-state index is -0.358. The van der Waals surface area contributed by atoms with Crippen LogP contribution in [0.2, 0.25) is 0 Å². The Morgan fingerprint density at radius 3 is 2.44 bits per heavy atom. The maximum atomic E-state index is 13.1. The average Bonchev–Trinajstić information content (AvgIpc) is 3.61. The van der Waals surface area contributed by atoms with E-state index < -0.39 is 0 Å². The Bertz CT molecular complexity index is 1520. The van der Waals surface area contributed by atoms with Gasteiger partial charge in [0.15, 0.2) is 5.65 Å². The van der Waals surface area contributed by atoms with Gasteiger partial charge in [-0.3, -0.25) is 23.4 Å². The van der Waals surface area contributed by atoms with Gasteiger partial charge in [-0.2, -0.15) is 5.10 Å². The summed E-state index contributed by atoms with van der Waals surface area (Å²) >= 11 is 0. The molecule has 1 amide bonds. The first-order valence-corrected chi connectivity index (χ1v) is 12.5. The molecule has 0 aliphatic carbocycles. The van der Waals surface area contributed by atoms with Gasteiger partial charge in [0.25, 0.3) is 5.56 Å². The van der Waals surface area contributed by atoms with Gasteiger partial charge in [-0.1, -0.05) is 43.7 Å². The zero-order chi connectivity index (χ0) is 25.4. The summed E-state index contributed by atoms with van der Waals surface area (Å²) in [5.74, 6) is 0.578. The van der Waals surface area contributed by atoms with Gasteiger partial charge in [-0.15, -0.1) is 0 Å². The summed E-state index contributed by atoms with van der Waals surface area (Å²) in [5.41, 5.74) is 2.93. The minimum Gasteiger partial charge on any atom is -0.356 e. The molecular formula is C26H31N7O3. The summed E-state index contributed by atoms with van der Waals surface area (Å²) < 4.78 is 4.72. The number of imidazole rings is 1. The first-order valence-electron chi connectivity index (χ1n) is 12.5. The predicted octanol–water partition coefficient (Wildman–Crippen LogP) is 2.60. The lowest BCUT2D eigenvalue weighted by Gasteiger charge is -2.23. The van der Waals surface area contributed by atoms with Crippen LogP contribution in [-0.4, -0.2) is 41.3 Å². The van der Waals surface area contributed by atoms with E-state index in [0.717, 1.165) is 17.5 Å². The third kappa shape index (κ3) is 4.16. The number of hydrogen-bond donors (Lipinski definition) is 2. The molecule has 1 saturated heterocycles. The Hall–Kier alpha value is -3.95. The molecule has 36 heavy (non-hydrogen) atoms. The van der Waals surface area contributed by atoms with Crippen LogP contribution in [-0.2, 0) is 17.9 Å². The van der Waals surface area contributed by atoms with Crippen LogP contribution < -0.4 is 16.6 Å². The van der Waals surface area contributed by atoms with E-state index in [9.17, 15) is 14.4 Å². The Labute approximate surface area is 208 Å². The molecule has 1 fully saturated rings. The van der Waals surface area contributed by atoms with Gasteiger partial charge in [-0.05, 0) is 25.3 Å². The maximum Gasteiger partial charge on any atom is 0.332 e. The van der Waals surface area contributed by atoms with Crippen LogP contribution in [0, 0.1) is 12.8 Å². The van der Waals surface area contributed by atoms with Crippen LogP contribution in [0.15, 0.2) is 46.2 Å². The maximum absolute atomic E-state index is 13.1. The zero-order valence-corrected chi connectivity index (χ0v) is 20.8. The number of amides is 1. The highest BCUT2D eigenvalue weighted by Gasteiger charge is 2.32. The van der Waals surface area contributed by atoms with Gasteiger partial charge >= 0.3 is 5.69 Å². The largest absolute Gasteiger partial charge is 0.356 e. The fourth-order valence-corrected chi connectivity index (χ4v) is 5.02. The number of H-pyrrole nitrogens is 1. The summed E-state index contributed by atoms with van der Waals surface area (Å²) in [7, 11) is 0. The number of carbonyl (C=O) groups excluding carboxylic acids is 1. The Balaban J connectivity index is 1.59. The van der Waals surface area contributed by atoms with Crippen LogP contribution in [0.4, 0.5) is 0 Å². The third-order valence-corrected chi connectivity index (χ3v) is 6.79. The topological polar surface area (TPSA) is 120 Å². The van der Waals surface area contributed by atoms with Crippen molar-refractivity contribution in [2.45, 2.75) is 59.2 Å². The van der Waals surface area contributed by atoms with E-state index in [4.69, 9.17) is 0 Å². The zero-order valence-electron chi connectivity index (χ0n) is 20.8. The van der Waals surface area contributed by atoms with Crippen molar-refractivity contribution in [2.24, 2.45) is 5.92 Å². The molecule has 4 aromatic rings. The van der Waals surface area contributed by atoms with Crippen LogP contribution in [0.1, 0.15) is 50.3 Å². The molecule has 5 rings (SSSR count). The van der Waals surface area contributed by atoms with Crippen molar-refractivity contribution in [1.82, 2.24) is 34.2 Å². The lowest BCUT2D eigenvalue weighted by Crippen LogP contribution is -2.40. The number of nitrogens with zero attached hydrogens (tertiary/aromatic N) is 5. The van der Waals surface area contributed by atoms with Crippen molar-refractivity contribution in [3.63, 3.8) is 0 Å². The van der Waals surface area contributed by atoms with E-state index in [2.05, 4.69) is 44.6 Å². The average molecular weight is 490 g/mol. The van der Waals surface area contributed by atoms with E-state index >= 15 is 0 Å². The Kier molecular flexibility index (Phi) is 6.34. The molecular weight excluding hydrogens is 458 g/mol. The number of aromatic amines is 1. The first kappa shape index (κ1) is 23.8. The van der Waals surface area contributed by atoms with Crippen LogP contribution >= 0.6 is 0 Å². The molecule has 10 nitrogen and oxygen atoms in total. The second-order valence-corrected chi connectivity index (χ2v) is 9.51. The quantitative estimate of drug-likeness (QED) is 0.394. The molecule has 1 aliphatic rings. The number of nitrogens with one attached hydrogen (secondary N) is 2. The molecule has 2 atom stereocenters. The second kappa shape index (κ2) is 9.60. The van der Waals surface area contributed by atoms with E-state index in [-0.39, 0.29) is 29.1 Å². The molecule has 0 radical (unpaired) electrons. The van der Waals surface area contributed by atoms with Crippen molar-refractivity contribution >= 4 is 17.1 Å². The molecule has 10 heteroatoms. The summed E-state index contributed by atoms with van der Waals surface area (Å²) in [6.45, 7) is 7.37. The molecule has 3 aromatic heterocycles. The monoisotopic (exact) mass is 489 g/mol. The van der Waals surface area contributed by atoms with E-state index in [1.165, 1.54) is 4.57 Å². The Morgan fingerprint density at radius 1 is 1.06 bits per heavy atom. The summed E-state index contributed by atoms with van der Waals surface area (Å²) in [6.07, 6.45) is 5.44. The minimum absolute atomic E-state index is 0.0408. The lowest BCUT2D eigenvalue weighted by molar-refractivity contribution is -0.119. The van der Waals surface area contributed by atoms with Crippen molar-refractivity contribution in [2.75, 3.05) is 6.54 Å². The van der Waals surface area contributed by atoms with E-state index in [0.29, 0.717) is 55.0 Å². The molecule has 2 unspecified atom stereocenters. The number of benzene rings is 1. The molecule has 188 valence electrons. The van der Waals surface area contributed by atoms with Gasteiger partial charge in [0.1, 0.15) is 11.3 Å². The molecule has 2 N–H and O–H groups in total. The first-order chi connectivity index (χ1) is 17.4. The second-order valence-electron chi connectivity index (χ2n) is 9.51. The lowest BCUT2D eigenvalue weighted by atomic mass is 9.92. The van der Waals surface area contributed by atoms with Crippen molar-refractivity contribution in [3.8, 4) is 11.4 Å². The van der Waals surface area contributed by atoms with Gasteiger partial charge < -0.3 is 10.3 Å². The van der Waals surface area contributed by atoms with Crippen LogP contribution in [0.3, 0.4) is 0 Å².